The molecule has 3 aromatic rings. The molecule has 0 heterocycles. The summed E-state index contributed by atoms with van der Waals surface area (Å²) in [5, 5.41) is 0. The number of hydrogen-bond acceptors (Lipinski definition) is 4. The summed E-state index contributed by atoms with van der Waals surface area (Å²) < 4.78 is 46.7. The van der Waals surface area contributed by atoms with Crippen molar-refractivity contribution in [1.82, 2.24) is 0 Å². The number of Topliss-reactive ketones (excluding diaryl/α,β-unsaturated/α-hetero) is 3. The molecule has 2 N–H and O–H groups in total. The summed E-state index contributed by atoms with van der Waals surface area (Å²) in [4.78, 5) is 38.3. The molecule has 0 aliphatic rings. The highest BCUT2D eigenvalue weighted by atomic mass is 19.1. The third-order valence-electron chi connectivity index (χ3n) is 7.45. The van der Waals surface area contributed by atoms with Crippen LogP contribution in [0.4, 0.5) is 13.2 Å². The van der Waals surface area contributed by atoms with Gasteiger partial charge in [-0.1, -0.05) is 98.7 Å². The van der Waals surface area contributed by atoms with Crippen LogP contribution in [0.3, 0.4) is 0 Å². The minimum atomic E-state index is -1.67. The largest absolute Gasteiger partial charge is 0.321 e. The summed E-state index contributed by atoms with van der Waals surface area (Å²) in [7, 11) is 0. The van der Waals surface area contributed by atoms with Crippen molar-refractivity contribution in [2.45, 2.75) is 80.7 Å². The van der Waals surface area contributed by atoms with Gasteiger partial charge in [-0.15, -0.1) is 0 Å². The average Bonchev–Trinajstić information content (AvgIpc) is 2.88. The van der Waals surface area contributed by atoms with Gasteiger partial charge in [-0.2, -0.15) is 0 Å². The van der Waals surface area contributed by atoms with Crippen molar-refractivity contribution in [1.29, 1.82) is 0 Å². The standard InChI is InChI=1S/C36H42F3NO3/c1-33(2,3)30(41)21-10-12-24(27(37)16-21)19-36(40,26-15-14-23(18-29(26)39)32(43)35(7,8)9)20-25-13-11-22(17-28(25)38)31(42)34(4,5)6/h10-18H,19-20,40H2,1-9H3. The monoisotopic (exact) mass is 593 g/mol. The molecule has 43 heavy (non-hydrogen) atoms. The second kappa shape index (κ2) is 11.8. The van der Waals surface area contributed by atoms with E-state index in [1.54, 1.807) is 62.3 Å². The maximum Gasteiger partial charge on any atom is 0.168 e. The molecule has 0 radical (unpaired) electrons. The molecule has 0 spiro atoms. The van der Waals surface area contributed by atoms with Gasteiger partial charge in [-0.3, -0.25) is 14.4 Å². The molecule has 0 atom stereocenters. The zero-order valence-corrected chi connectivity index (χ0v) is 26.5. The van der Waals surface area contributed by atoms with Gasteiger partial charge in [0.1, 0.15) is 17.5 Å². The van der Waals surface area contributed by atoms with Crippen molar-refractivity contribution < 1.29 is 27.6 Å². The van der Waals surface area contributed by atoms with Crippen molar-refractivity contribution in [2.24, 2.45) is 22.0 Å². The molecule has 0 unspecified atom stereocenters. The van der Waals surface area contributed by atoms with Crippen LogP contribution in [-0.2, 0) is 18.4 Å². The van der Waals surface area contributed by atoms with E-state index in [2.05, 4.69) is 0 Å². The van der Waals surface area contributed by atoms with Gasteiger partial charge in [-0.05, 0) is 42.2 Å². The highest BCUT2D eigenvalue weighted by Gasteiger charge is 2.35. The van der Waals surface area contributed by atoms with Crippen LogP contribution in [0.1, 0.15) is 110 Å². The maximum absolute atomic E-state index is 15.8. The van der Waals surface area contributed by atoms with E-state index < -0.39 is 39.2 Å². The fourth-order valence-corrected chi connectivity index (χ4v) is 4.96. The first kappa shape index (κ1) is 33.9. The van der Waals surface area contributed by atoms with E-state index in [4.69, 9.17) is 5.73 Å². The first-order chi connectivity index (χ1) is 19.5. The molecular weight excluding hydrogens is 551 g/mol. The maximum atomic E-state index is 15.8. The van der Waals surface area contributed by atoms with Gasteiger partial charge in [0.25, 0.3) is 0 Å². The number of hydrogen-bond donors (Lipinski definition) is 1. The van der Waals surface area contributed by atoms with E-state index in [1.165, 1.54) is 36.4 Å². The predicted molar refractivity (Wildman–Crippen MR) is 164 cm³/mol. The van der Waals surface area contributed by atoms with Gasteiger partial charge in [-0.25, -0.2) is 13.2 Å². The first-order valence-electron chi connectivity index (χ1n) is 14.3. The van der Waals surface area contributed by atoms with Gasteiger partial charge in [0, 0.05) is 38.5 Å². The summed E-state index contributed by atoms with van der Waals surface area (Å²) in [6.07, 6.45) is -0.483. The quantitative estimate of drug-likeness (QED) is 0.266. The lowest BCUT2D eigenvalue weighted by atomic mass is 9.77. The van der Waals surface area contributed by atoms with Crippen molar-refractivity contribution in [2.75, 3.05) is 0 Å². The van der Waals surface area contributed by atoms with Crippen LogP contribution in [0.25, 0.3) is 0 Å². The molecule has 0 amide bonds. The Morgan fingerprint density at radius 3 is 1.12 bits per heavy atom. The van der Waals surface area contributed by atoms with E-state index in [0.29, 0.717) is 0 Å². The second-order valence-electron chi connectivity index (χ2n) is 14.6. The number of carbonyl (C=O) groups excluding carboxylic acids is 3. The van der Waals surface area contributed by atoms with Gasteiger partial charge in [0.15, 0.2) is 17.3 Å². The van der Waals surface area contributed by atoms with Crippen LogP contribution in [0, 0.1) is 33.7 Å². The molecule has 0 fully saturated rings. The number of rotatable bonds is 8. The Labute approximate surface area is 252 Å². The van der Waals surface area contributed by atoms with Gasteiger partial charge < -0.3 is 5.73 Å². The fourth-order valence-electron chi connectivity index (χ4n) is 4.96. The van der Waals surface area contributed by atoms with Crippen LogP contribution in [0.5, 0.6) is 0 Å². The van der Waals surface area contributed by atoms with E-state index in [0.717, 1.165) is 18.2 Å². The Morgan fingerprint density at radius 2 is 0.837 bits per heavy atom. The summed E-state index contributed by atoms with van der Waals surface area (Å²) in [6, 6.07) is 12.1. The Balaban J connectivity index is 2.12. The highest BCUT2D eigenvalue weighted by molar-refractivity contribution is 6.01. The summed E-state index contributed by atoms with van der Waals surface area (Å²) >= 11 is 0. The SMILES string of the molecule is CC(C)(C)C(=O)c1ccc(CC(N)(Cc2ccc(C(=O)C(C)(C)C)cc2F)c2ccc(C(=O)C(C)(C)C)cc2F)c(F)c1. The number of benzene rings is 3. The van der Waals surface area contributed by atoms with E-state index in [-0.39, 0.29) is 63.6 Å². The van der Waals surface area contributed by atoms with E-state index in [1.807, 2.05) is 0 Å². The number of ketones is 3. The normalized spacial score (nSPS) is 12.8. The van der Waals surface area contributed by atoms with Crippen molar-refractivity contribution in [3.63, 3.8) is 0 Å². The molecule has 3 aromatic carbocycles. The molecule has 230 valence electrons. The molecule has 0 saturated heterocycles. The zero-order valence-electron chi connectivity index (χ0n) is 26.5. The van der Waals surface area contributed by atoms with Gasteiger partial charge in [0.2, 0.25) is 0 Å². The predicted octanol–water partition coefficient (Wildman–Crippen LogP) is 8.43. The van der Waals surface area contributed by atoms with Crippen molar-refractivity contribution in [3.8, 4) is 0 Å². The molecule has 4 nitrogen and oxygen atoms in total. The molecule has 0 bridgehead atoms. The van der Waals surface area contributed by atoms with Crippen LogP contribution in [0.2, 0.25) is 0 Å². The molecule has 3 rings (SSSR count). The third-order valence-corrected chi connectivity index (χ3v) is 7.45. The molecule has 0 aliphatic heterocycles. The first-order valence-corrected chi connectivity index (χ1v) is 14.3. The zero-order chi connectivity index (χ0) is 32.7. The lowest BCUT2D eigenvalue weighted by molar-refractivity contribution is 0.0852. The smallest absolute Gasteiger partial charge is 0.168 e. The Kier molecular flexibility index (Phi) is 9.34. The summed E-state index contributed by atoms with van der Waals surface area (Å²) in [5.41, 5.74) is 3.75. The molecule has 0 aromatic heterocycles. The van der Waals surface area contributed by atoms with Crippen LogP contribution in [-0.4, -0.2) is 17.3 Å². The average molecular weight is 594 g/mol. The minimum Gasteiger partial charge on any atom is -0.321 e. The number of nitrogens with two attached hydrogens (primary N) is 1. The summed E-state index contributed by atoms with van der Waals surface area (Å²) in [6.45, 7) is 15.6. The Morgan fingerprint density at radius 1 is 0.535 bits per heavy atom. The Bertz CT molecular complexity index is 1490. The molecule has 0 aliphatic carbocycles. The lowest BCUT2D eigenvalue weighted by Crippen LogP contribution is -2.43. The van der Waals surface area contributed by atoms with E-state index in [9.17, 15) is 14.4 Å². The lowest BCUT2D eigenvalue weighted by Gasteiger charge is -2.32. The minimum absolute atomic E-state index is 0.0264. The van der Waals surface area contributed by atoms with Crippen molar-refractivity contribution in [3.05, 3.63) is 105 Å². The van der Waals surface area contributed by atoms with Crippen LogP contribution >= 0.6 is 0 Å². The molecular formula is C36H42F3NO3. The third kappa shape index (κ3) is 7.69. The van der Waals surface area contributed by atoms with Crippen molar-refractivity contribution >= 4 is 17.3 Å². The fraction of sp³-hybridized carbons (Fsp3) is 0.417. The molecule has 7 heteroatoms. The number of halogens is 3. The second-order valence-corrected chi connectivity index (χ2v) is 14.6. The van der Waals surface area contributed by atoms with E-state index >= 15 is 13.2 Å². The highest BCUT2D eigenvalue weighted by Crippen LogP contribution is 2.34. The summed E-state index contributed by atoms with van der Waals surface area (Å²) in [5.74, 6) is -2.93. The number of carbonyl (C=O) groups is 3. The van der Waals surface area contributed by atoms with Gasteiger partial charge in [0.05, 0.1) is 5.54 Å². The molecule has 0 saturated carbocycles. The van der Waals surface area contributed by atoms with Crippen LogP contribution < -0.4 is 5.73 Å². The van der Waals surface area contributed by atoms with Crippen LogP contribution in [0.15, 0.2) is 54.6 Å². The topological polar surface area (TPSA) is 77.2 Å². The Hall–Kier alpha value is -3.58. The van der Waals surface area contributed by atoms with Gasteiger partial charge >= 0.3 is 0 Å².